The fourth-order valence-corrected chi connectivity index (χ4v) is 3.84. The molecule has 0 amide bonds. The normalized spacial score (nSPS) is 31.9. The summed E-state index contributed by atoms with van der Waals surface area (Å²) in [7, 11) is 0. The van der Waals surface area contributed by atoms with Gasteiger partial charge in [-0.2, -0.15) is 0 Å². The van der Waals surface area contributed by atoms with Crippen LogP contribution >= 0.6 is 22.6 Å². The first-order chi connectivity index (χ1) is 9.84. The first kappa shape index (κ1) is 15.7. The van der Waals surface area contributed by atoms with E-state index in [4.69, 9.17) is 14.2 Å². The summed E-state index contributed by atoms with van der Waals surface area (Å²) in [5, 5.41) is 0. The summed E-state index contributed by atoms with van der Waals surface area (Å²) in [5.41, 5.74) is 0. The minimum Gasteiger partial charge on any atom is -0.489 e. The summed E-state index contributed by atoms with van der Waals surface area (Å²) in [6.07, 6.45) is 1.48. The van der Waals surface area contributed by atoms with Crippen LogP contribution in [0.2, 0.25) is 0 Å². The number of fused-ring (bicyclic) bond motifs is 1. The van der Waals surface area contributed by atoms with Crippen LogP contribution in [0.3, 0.4) is 0 Å². The van der Waals surface area contributed by atoms with E-state index in [0.717, 1.165) is 16.4 Å². The number of hydrogen-bond acceptors (Lipinski definition) is 4. The highest BCUT2D eigenvalue weighted by Gasteiger charge is 2.48. The molecule has 2 aliphatic rings. The van der Waals surface area contributed by atoms with E-state index in [-0.39, 0.29) is 18.3 Å². The van der Waals surface area contributed by atoms with Gasteiger partial charge >= 0.3 is 0 Å². The zero-order valence-electron chi connectivity index (χ0n) is 11.7. The van der Waals surface area contributed by atoms with E-state index < -0.39 is 16.9 Å². The molecule has 1 saturated carbocycles. The SMILES string of the molecule is CC1(C)O[C@H]2CC(Oc3cc(I)ccc3S(=O)O)C[C@H]2O1. The third-order valence-electron chi connectivity index (χ3n) is 3.66. The highest BCUT2D eigenvalue weighted by molar-refractivity contribution is 14.1. The minimum atomic E-state index is -2.06. The Kier molecular flexibility index (Phi) is 4.30. The smallest absolute Gasteiger partial charge is 0.190 e. The standard InChI is InChI=1S/C14H17IO5S/c1-14(2)19-10-6-9(7-11(10)20-14)18-12-5-8(15)3-4-13(12)21(16)17/h3-5,9-11H,6-7H2,1-2H3,(H,16,17)/t9?,10-,11+. The van der Waals surface area contributed by atoms with Crippen molar-refractivity contribution in [3.63, 3.8) is 0 Å². The maximum atomic E-state index is 11.4. The van der Waals surface area contributed by atoms with E-state index in [2.05, 4.69) is 22.6 Å². The van der Waals surface area contributed by atoms with Gasteiger partial charge in [-0.1, -0.05) is 0 Å². The monoisotopic (exact) mass is 424 g/mol. The maximum absolute atomic E-state index is 11.4. The van der Waals surface area contributed by atoms with Crippen LogP contribution in [0, 0.1) is 3.57 Å². The molecule has 2 unspecified atom stereocenters. The molecule has 5 nitrogen and oxygen atoms in total. The second-order valence-corrected chi connectivity index (χ2v) is 7.95. The first-order valence-corrected chi connectivity index (χ1v) is 8.95. The molecule has 1 aromatic carbocycles. The molecule has 7 heteroatoms. The molecule has 0 aromatic heterocycles. The lowest BCUT2D eigenvalue weighted by Gasteiger charge is -2.21. The molecule has 1 N–H and O–H groups in total. The summed E-state index contributed by atoms with van der Waals surface area (Å²) in [6, 6.07) is 5.19. The average Bonchev–Trinajstić information content (AvgIpc) is 2.81. The van der Waals surface area contributed by atoms with Gasteiger partial charge in [0.2, 0.25) is 0 Å². The van der Waals surface area contributed by atoms with Crippen molar-refractivity contribution in [2.75, 3.05) is 0 Å². The predicted octanol–water partition coefficient (Wildman–Crippen LogP) is 2.93. The number of rotatable bonds is 3. The van der Waals surface area contributed by atoms with Crippen molar-refractivity contribution in [2.45, 2.75) is 55.7 Å². The average molecular weight is 424 g/mol. The molecule has 1 saturated heterocycles. The molecule has 1 aliphatic heterocycles. The Morgan fingerprint density at radius 3 is 2.52 bits per heavy atom. The van der Waals surface area contributed by atoms with Crippen LogP contribution in [-0.2, 0) is 20.6 Å². The van der Waals surface area contributed by atoms with Crippen LogP contribution in [0.1, 0.15) is 26.7 Å². The Labute approximate surface area is 139 Å². The lowest BCUT2D eigenvalue weighted by molar-refractivity contribution is -0.155. The molecule has 0 bridgehead atoms. The molecular formula is C14H17IO5S. The molecule has 21 heavy (non-hydrogen) atoms. The zero-order valence-corrected chi connectivity index (χ0v) is 14.7. The second kappa shape index (κ2) is 5.77. The van der Waals surface area contributed by atoms with E-state index in [0.29, 0.717) is 10.6 Å². The van der Waals surface area contributed by atoms with E-state index in [1.165, 1.54) is 0 Å². The predicted molar refractivity (Wildman–Crippen MR) is 85.7 cm³/mol. The Balaban J connectivity index is 1.72. The van der Waals surface area contributed by atoms with Crippen LogP contribution in [0.5, 0.6) is 5.75 Å². The first-order valence-electron chi connectivity index (χ1n) is 6.77. The van der Waals surface area contributed by atoms with E-state index >= 15 is 0 Å². The molecule has 1 aromatic rings. The maximum Gasteiger partial charge on any atom is 0.190 e. The van der Waals surface area contributed by atoms with Crippen molar-refractivity contribution in [1.29, 1.82) is 0 Å². The van der Waals surface area contributed by atoms with Crippen molar-refractivity contribution in [3.05, 3.63) is 21.8 Å². The molecule has 116 valence electrons. The van der Waals surface area contributed by atoms with Gasteiger partial charge in [-0.15, -0.1) is 0 Å². The van der Waals surface area contributed by atoms with Gasteiger partial charge < -0.3 is 18.8 Å². The fraction of sp³-hybridized carbons (Fsp3) is 0.571. The minimum absolute atomic E-state index is 0.0378. The lowest BCUT2D eigenvalue weighted by atomic mass is 10.3. The molecule has 1 aliphatic carbocycles. The number of hydrogen-bond donors (Lipinski definition) is 1. The quantitative estimate of drug-likeness (QED) is 0.597. The Morgan fingerprint density at radius 2 is 1.95 bits per heavy atom. The summed E-state index contributed by atoms with van der Waals surface area (Å²) in [6.45, 7) is 3.82. The van der Waals surface area contributed by atoms with Gasteiger partial charge in [0.25, 0.3) is 0 Å². The number of ether oxygens (including phenoxy) is 3. The van der Waals surface area contributed by atoms with Crippen molar-refractivity contribution < 1.29 is 23.0 Å². The Morgan fingerprint density at radius 1 is 1.33 bits per heavy atom. The van der Waals surface area contributed by atoms with E-state index in [9.17, 15) is 8.76 Å². The van der Waals surface area contributed by atoms with Crippen LogP contribution < -0.4 is 4.74 Å². The highest BCUT2D eigenvalue weighted by Crippen LogP contribution is 2.40. The molecule has 2 fully saturated rings. The molecule has 0 radical (unpaired) electrons. The van der Waals surface area contributed by atoms with E-state index in [1.54, 1.807) is 18.2 Å². The topological polar surface area (TPSA) is 65.0 Å². The molecular weight excluding hydrogens is 407 g/mol. The van der Waals surface area contributed by atoms with Gasteiger partial charge in [-0.3, -0.25) is 0 Å². The van der Waals surface area contributed by atoms with Crippen LogP contribution in [0.25, 0.3) is 0 Å². The Hall–Kier alpha value is -0.220. The van der Waals surface area contributed by atoms with Crippen molar-refractivity contribution >= 4 is 33.7 Å². The number of benzene rings is 1. The largest absolute Gasteiger partial charge is 0.489 e. The summed E-state index contributed by atoms with van der Waals surface area (Å²) in [4.78, 5) is 0.301. The van der Waals surface area contributed by atoms with Gasteiger partial charge in [0.15, 0.2) is 16.9 Å². The van der Waals surface area contributed by atoms with Crippen LogP contribution in [0.4, 0.5) is 0 Å². The number of halogens is 1. The van der Waals surface area contributed by atoms with Gasteiger partial charge in [-0.05, 0) is 54.6 Å². The van der Waals surface area contributed by atoms with Gasteiger partial charge in [0.1, 0.15) is 16.7 Å². The summed E-state index contributed by atoms with van der Waals surface area (Å²) < 4.78 is 39.3. The zero-order chi connectivity index (χ0) is 15.2. The van der Waals surface area contributed by atoms with Gasteiger partial charge in [0, 0.05) is 16.4 Å². The highest BCUT2D eigenvalue weighted by atomic mass is 127. The third kappa shape index (κ3) is 3.42. The Bertz CT molecular complexity index is 560. The fourth-order valence-electron chi connectivity index (χ4n) is 2.92. The third-order valence-corrected chi connectivity index (χ3v) is 5.05. The molecule has 0 spiro atoms. The van der Waals surface area contributed by atoms with Gasteiger partial charge in [0.05, 0.1) is 12.2 Å². The summed E-state index contributed by atoms with van der Waals surface area (Å²) in [5.74, 6) is -0.0628. The van der Waals surface area contributed by atoms with Crippen LogP contribution in [0.15, 0.2) is 23.1 Å². The second-order valence-electron chi connectivity index (χ2n) is 5.76. The molecule has 3 rings (SSSR count). The van der Waals surface area contributed by atoms with Crippen molar-refractivity contribution in [2.24, 2.45) is 0 Å². The van der Waals surface area contributed by atoms with Gasteiger partial charge in [-0.25, -0.2) is 4.21 Å². The van der Waals surface area contributed by atoms with Crippen molar-refractivity contribution in [3.8, 4) is 5.75 Å². The van der Waals surface area contributed by atoms with Crippen molar-refractivity contribution in [1.82, 2.24) is 0 Å². The molecule has 1 heterocycles. The molecule has 4 atom stereocenters. The van der Waals surface area contributed by atoms with E-state index in [1.807, 2.05) is 13.8 Å². The summed E-state index contributed by atoms with van der Waals surface area (Å²) >= 11 is 0.0959. The lowest BCUT2D eigenvalue weighted by Crippen LogP contribution is -2.25. The van der Waals surface area contributed by atoms with Crippen LogP contribution in [-0.4, -0.2) is 32.9 Å².